The molecule has 40 heavy (non-hydrogen) atoms. The number of rotatable bonds is 4. The van der Waals surface area contributed by atoms with Gasteiger partial charge in [-0.3, -0.25) is 0 Å². The van der Waals surface area contributed by atoms with Gasteiger partial charge in [-0.05, 0) is 83.5 Å². The van der Waals surface area contributed by atoms with Gasteiger partial charge in [0.1, 0.15) is 17.3 Å². The molecule has 0 amide bonds. The molecule has 2 aromatic heterocycles. The highest BCUT2D eigenvalue weighted by atomic mass is 14.9. The number of H-pyrrole nitrogens is 2. The van der Waals surface area contributed by atoms with E-state index in [1.54, 1.807) is 0 Å². The van der Waals surface area contributed by atoms with Gasteiger partial charge in [-0.15, -0.1) is 0 Å². The van der Waals surface area contributed by atoms with Crippen molar-refractivity contribution in [2.24, 2.45) is 0 Å². The first-order valence-corrected chi connectivity index (χ1v) is 14.6. The number of imidazole rings is 2. The molecular weight excluding hydrogens is 488 g/mol. The van der Waals surface area contributed by atoms with Gasteiger partial charge in [-0.25, -0.2) is 9.97 Å². The van der Waals surface area contributed by atoms with Crippen LogP contribution in [0.15, 0.2) is 73.1 Å². The number of aromatic nitrogens is 4. The van der Waals surface area contributed by atoms with Crippen molar-refractivity contribution in [2.45, 2.75) is 63.2 Å². The SMILES string of the molecule is C(C#Cc1ccc(-c2cnc(C3CCCC3)[nH]2)cc1-c1ccc2ccccc2c1)#Cc1cnc(C2CCCC2)[nH]1. The quantitative estimate of drug-likeness (QED) is 0.234. The summed E-state index contributed by atoms with van der Waals surface area (Å²) in [6.45, 7) is 0. The molecule has 5 aromatic rings. The van der Waals surface area contributed by atoms with Gasteiger partial charge in [0.25, 0.3) is 0 Å². The van der Waals surface area contributed by atoms with Crippen molar-refractivity contribution in [3.05, 3.63) is 96.0 Å². The molecule has 0 unspecified atom stereocenters. The Kier molecular flexibility index (Phi) is 6.68. The van der Waals surface area contributed by atoms with Crippen LogP contribution in [0.25, 0.3) is 33.2 Å². The summed E-state index contributed by atoms with van der Waals surface area (Å²) in [5, 5.41) is 2.44. The van der Waals surface area contributed by atoms with Gasteiger partial charge in [0.2, 0.25) is 0 Å². The Morgan fingerprint density at radius 1 is 0.625 bits per heavy atom. The van der Waals surface area contributed by atoms with Gasteiger partial charge in [0.15, 0.2) is 0 Å². The monoisotopic (exact) mass is 520 g/mol. The summed E-state index contributed by atoms with van der Waals surface area (Å²) in [7, 11) is 0. The predicted molar refractivity (Wildman–Crippen MR) is 162 cm³/mol. The molecule has 3 aromatic carbocycles. The average Bonchev–Trinajstić information content (AvgIpc) is 3.82. The first-order valence-electron chi connectivity index (χ1n) is 14.6. The fourth-order valence-electron chi connectivity index (χ4n) is 6.31. The van der Waals surface area contributed by atoms with Crippen molar-refractivity contribution < 1.29 is 0 Å². The molecule has 0 saturated heterocycles. The first-order chi connectivity index (χ1) is 19.8. The maximum absolute atomic E-state index is 4.75. The van der Waals surface area contributed by atoms with E-state index in [0.717, 1.165) is 45.3 Å². The zero-order valence-electron chi connectivity index (χ0n) is 22.6. The highest BCUT2D eigenvalue weighted by Gasteiger charge is 2.21. The minimum absolute atomic E-state index is 0.550. The third kappa shape index (κ3) is 5.06. The highest BCUT2D eigenvalue weighted by molar-refractivity contribution is 5.89. The van der Waals surface area contributed by atoms with Crippen molar-refractivity contribution in [2.75, 3.05) is 0 Å². The van der Waals surface area contributed by atoms with Gasteiger partial charge < -0.3 is 9.97 Å². The summed E-state index contributed by atoms with van der Waals surface area (Å²) in [5.74, 6) is 15.9. The molecule has 0 radical (unpaired) electrons. The van der Waals surface area contributed by atoms with E-state index in [0.29, 0.717) is 11.8 Å². The third-order valence-corrected chi connectivity index (χ3v) is 8.52. The van der Waals surface area contributed by atoms with E-state index in [-0.39, 0.29) is 0 Å². The third-order valence-electron chi connectivity index (χ3n) is 8.52. The second-order valence-electron chi connectivity index (χ2n) is 11.1. The molecule has 0 bridgehead atoms. The van der Waals surface area contributed by atoms with E-state index in [4.69, 9.17) is 4.98 Å². The Morgan fingerprint density at radius 3 is 2.10 bits per heavy atom. The molecule has 2 saturated carbocycles. The minimum atomic E-state index is 0.550. The second-order valence-corrected chi connectivity index (χ2v) is 11.1. The highest BCUT2D eigenvalue weighted by Crippen LogP contribution is 2.35. The first kappa shape index (κ1) is 24.5. The molecule has 0 spiro atoms. The molecule has 2 aliphatic rings. The summed E-state index contributed by atoms with van der Waals surface area (Å²) in [5.41, 5.74) is 6.20. The maximum atomic E-state index is 4.75. The van der Waals surface area contributed by atoms with E-state index >= 15 is 0 Å². The summed E-state index contributed by atoms with van der Waals surface area (Å²) in [6.07, 6.45) is 13.9. The molecule has 0 aliphatic heterocycles. The van der Waals surface area contributed by atoms with Crippen molar-refractivity contribution in [1.29, 1.82) is 0 Å². The smallest absolute Gasteiger partial charge is 0.110 e. The zero-order chi connectivity index (χ0) is 26.7. The molecule has 2 aliphatic carbocycles. The van der Waals surface area contributed by atoms with Crippen LogP contribution in [-0.2, 0) is 0 Å². The summed E-state index contributed by atoms with van der Waals surface area (Å²) in [4.78, 5) is 16.3. The fraction of sp³-hybridized carbons (Fsp3) is 0.278. The van der Waals surface area contributed by atoms with E-state index in [1.807, 2.05) is 12.4 Å². The second kappa shape index (κ2) is 10.9. The topological polar surface area (TPSA) is 57.4 Å². The maximum Gasteiger partial charge on any atom is 0.110 e. The zero-order valence-corrected chi connectivity index (χ0v) is 22.6. The Balaban J connectivity index is 1.22. The van der Waals surface area contributed by atoms with Crippen LogP contribution in [0.5, 0.6) is 0 Å². The number of hydrogen-bond acceptors (Lipinski definition) is 2. The number of nitrogens with zero attached hydrogens (tertiary/aromatic N) is 2. The fourth-order valence-corrected chi connectivity index (χ4v) is 6.31. The lowest BCUT2D eigenvalue weighted by Gasteiger charge is -2.10. The summed E-state index contributed by atoms with van der Waals surface area (Å²) in [6, 6.07) is 21.6. The Hall–Kier alpha value is -4.54. The van der Waals surface area contributed by atoms with Crippen molar-refractivity contribution in [3.8, 4) is 46.1 Å². The van der Waals surface area contributed by atoms with E-state index < -0.39 is 0 Å². The molecular formula is C36H32N4. The normalized spacial score (nSPS) is 15.6. The van der Waals surface area contributed by atoms with Crippen LogP contribution in [0.1, 0.15) is 86.1 Å². The van der Waals surface area contributed by atoms with Crippen LogP contribution in [0.3, 0.4) is 0 Å². The summed E-state index contributed by atoms with van der Waals surface area (Å²) < 4.78 is 0. The van der Waals surface area contributed by atoms with Crippen molar-refractivity contribution in [1.82, 2.24) is 19.9 Å². The predicted octanol–water partition coefficient (Wildman–Crippen LogP) is 8.34. The lowest BCUT2D eigenvalue weighted by atomic mass is 9.95. The largest absolute Gasteiger partial charge is 0.342 e. The van der Waals surface area contributed by atoms with E-state index in [1.165, 1.54) is 62.1 Å². The Morgan fingerprint density at radius 2 is 1.30 bits per heavy atom. The van der Waals surface area contributed by atoms with Crippen LogP contribution in [-0.4, -0.2) is 19.9 Å². The molecule has 2 N–H and O–H groups in total. The molecule has 196 valence electrons. The Labute approximate surface area is 235 Å². The number of hydrogen-bond donors (Lipinski definition) is 2. The van der Waals surface area contributed by atoms with Gasteiger partial charge in [-0.2, -0.15) is 0 Å². The minimum Gasteiger partial charge on any atom is -0.342 e. The number of aromatic amines is 2. The average molecular weight is 521 g/mol. The molecule has 2 fully saturated rings. The van der Waals surface area contributed by atoms with Crippen LogP contribution in [0.2, 0.25) is 0 Å². The van der Waals surface area contributed by atoms with Crippen molar-refractivity contribution >= 4 is 10.8 Å². The number of benzene rings is 3. The lowest BCUT2D eigenvalue weighted by molar-refractivity contribution is 0.678. The molecule has 7 rings (SSSR count). The molecule has 4 heteroatoms. The van der Waals surface area contributed by atoms with E-state index in [2.05, 4.69) is 99.3 Å². The Bertz CT molecular complexity index is 1790. The number of nitrogens with one attached hydrogen (secondary N) is 2. The van der Waals surface area contributed by atoms with Crippen LogP contribution in [0, 0.1) is 23.7 Å². The van der Waals surface area contributed by atoms with Crippen LogP contribution < -0.4 is 0 Å². The van der Waals surface area contributed by atoms with Gasteiger partial charge >= 0.3 is 0 Å². The standard InChI is InChI=1S/C36H32N4/c1-6-15-29-21-30(19-17-25(29)9-1)33-22-31(34-24-38-36(40-34)28-13-4-5-14-28)20-18-26(33)10-7-8-16-32-23-37-35(39-32)27-11-2-3-12-27/h1,6,9,15,17-24,27-28H,2-5,11-14H2,(H,37,39)(H,38,40). The van der Waals surface area contributed by atoms with Gasteiger partial charge in [0.05, 0.1) is 18.1 Å². The van der Waals surface area contributed by atoms with Crippen molar-refractivity contribution in [3.63, 3.8) is 0 Å². The molecule has 2 heterocycles. The van der Waals surface area contributed by atoms with Crippen LogP contribution >= 0.6 is 0 Å². The van der Waals surface area contributed by atoms with Crippen LogP contribution in [0.4, 0.5) is 0 Å². The molecule has 0 atom stereocenters. The lowest BCUT2D eigenvalue weighted by Crippen LogP contribution is -1.94. The van der Waals surface area contributed by atoms with Gasteiger partial charge in [-0.1, -0.05) is 74.1 Å². The summed E-state index contributed by atoms with van der Waals surface area (Å²) >= 11 is 0. The van der Waals surface area contributed by atoms with E-state index in [9.17, 15) is 0 Å². The number of fused-ring (bicyclic) bond motifs is 1. The molecule has 4 nitrogen and oxygen atoms in total. The van der Waals surface area contributed by atoms with Gasteiger partial charge in [0, 0.05) is 23.0 Å².